The van der Waals surface area contributed by atoms with E-state index in [2.05, 4.69) is 120 Å². The van der Waals surface area contributed by atoms with Gasteiger partial charge in [-0.1, -0.05) is 72.8 Å². The van der Waals surface area contributed by atoms with Crippen molar-refractivity contribution in [2.24, 2.45) is 0 Å². The quantitative estimate of drug-likeness (QED) is 0.0656. The van der Waals surface area contributed by atoms with Crippen LogP contribution in [0.1, 0.15) is 96.2 Å². The van der Waals surface area contributed by atoms with Gasteiger partial charge in [0.25, 0.3) is 0 Å². The number of halogens is 13. The smallest absolute Gasteiger partial charge is 0.373 e. The minimum Gasteiger partial charge on any atom is -0.373 e. The maximum absolute atomic E-state index is 13.1. The Bertz CT molecular complexity index is 2850. The number of hydrogen-bond acceptors (Lipinski definition) is 3. The molecule has 418 valence electrons. The van der Waals surface area contributed by atoms with E-state index < -0.39 is 69.9 Å². The van der Waals surface area contributed by atoms with Crippen LogP contribution in [-0.4, -0.2) is 25.7 Å². The first-order valence-electron chi connectivity index (χ1n) is 24.9. The van der Waals surface area contributed by atoms with Gasteiger partial charge in [0, 0.05) is 23.7 Å². The molecule has 0 heterocycles. The van der Waals surface area contributed by atoms with E-state index in [-0.39, 0.29) is 60.5 Å². The average Bonchev–Trinajstić information content (AvgIpc) is 3.56. The summed E-state index contributed by atoms with van der Waals surface area (Å²) in [6.07, 6.45) is -19.8. The molecule has 0 spiro atoms. The van der Waals surface area contributed by atoms with Crippen molar-refractivity contribution in [2.45, 2.75) is 87.3 Å². The molecule has 0 amide bonds. The van der Waals surface area contributed by atoms with Gasteiger partial charge in [0.2, 0.25) is 0 Å². The summed E-state index contributed by atoms with van der Waals surface area (Å²) in [6, 6.07) is 53.8. The zero-order valence-corrected chi connectivity index (χ0v) is 45.6. The molecule has 2 saturated carbocycles. The van der Waals surface area contributed by atoms with E-state index in [9.17, 15) is 57.5 Å². The third kappa shape index (κ3) is 14.1. The number of ether oxygens (including phenoxy) is 2. The number of allylic oxidation sites excluding steroid dienone is 1. The fraction of sp³-hybridized carbons (Fsp3) is 0.274. The third-order valence-electron chi connectivity index (χ3n) is 14.5. The number of alkyl halides is 12. The molecular formula is C62H56BrF12O3P. The topological polar surface area (TPSA) is 35.5 Å². The molecule has 2 aliphatic carbocycles. The zero-order chi connectivity index (χ0) is 57.7. The number of carbonyl (C=O) groups is 1. The summed E-state index contributed by atoms with van der Waals surface area (Å²) < 4.78 is 168. The second-order valence-corrected chi connectivity index (χ2v) is 30.0. The molecule has 2 atom stereocenters. The molecule has 9 rings (SSSR count). The van der Waals surface area contributed by atoms with Gasteiger partial charge in [-0.3, -0.25) is 4.79 Å². The molecule has 7 aromatic rings. The van der Waals surface area contributed by atoms with Gasteiger partial charge in [-0.05, 0) is 85.3 Å². The van der Waals surface area contributed by atoms with E-state index in [0.29, 0.717) is 25.0 Å². The molecule has 79 heavy (non-hydrogen) atoms. The van der Waals surface area contributed by atoms with Crippen LogP contribution in [0.5, 0.6) is 0 Å². The van der Waals surface area contributed by atoms with Crippen LogP contribution in [-0.2, 0) is 49.8 Å². The fourth-order valence-electron chi connectivity index (χ4n) is 9.95. The zero-order valence-electron chi connectivity index (χ0n) is 43.1. The molecule has 2 fully saturated rings. The number of ketones is 1. The van der Waals surface area contributed by atoms with Crippen molar-refractivity contribution in [3.05, 3.63) is 245 Å². The maximum Gasteiger partial charge on any atom is 0.416 e. The summed E-state index contributed by atoms with van der Waals surface area (Å²) in [5, 5.41) is 1.48. The van der Waals surface area contributed by atoms with Crippen LogP contribution < -0.4 is 15.9 Å². The fourth-order valence-corrected chi connectivity index (χ4v) is 15.6. The molecule has 0 aliphatic heterocycles. The number of hydrogen-bond donors (Lipinski definition) is 0. The predicted octanol–water partition coefficient (Wildman–Crippen LogP) is 17.6. The van der Waals surface area contributed by atoms with Crippen molar-refractivity contribution in [3.63, 3.8) is 0 Å². The summed E-state index contributed by atoms with van der Waals surface area (Å²) in [6.45, 7) is 9.35. The normalized spacial score (nSPS) is 16.5. The number of carbonyl (C=O) groups excluding carboxylic acids is 1. The Morgan fingerprint density at radius 2 is 0.709 bits per heavy atom. The molecule has 0 bridgehead atoms. The van der Waals surface area contributed by atoms with Crippen molar-refractivity contribution in [1.29, 1.82) is 0 Å². The monoisotopic (exact) mass is 1190 g/mol. The Labute approximate surface area is 459 Å². The minimum absolute atomic E-state index is 0.0154. The summed E-state index contributed by atoms with van der Waals surface area (Å²) in [5.74, 6) is 0.0310. The SMILES string of the molecule is C=C1CC(CO[C@H](C)c2cc(C(F)(F)F)cc(C(F)(F)F)c2)(c2ccccc2)C1.CP(Br)(c1ccccc1)(c1ccccc1)c1ccccc1.C[C@@H](OCC1(c2ccccc2)CC(=O)C1)c1cc(C(F)(F)F)cc(C(F)(F)F)c1. The van der Waals surface area contributed by atoms with Crippen LogP contribution in [0.15, 0.2) is 200 Å². The van der Waals surface area contributed by atoms with Crippen LogP contribution >= 0.6 is 20.8 Å². The number of rotatable bonds is 13. The first-order chi connectivity index (χ1) is 36.9. The summed E-state index contributed by atoms with van der Waals surface area (Å²) in [7, 11) is 0. The van der Waals surface area contributed by atoms with E-state index in [1.54, 1.807) is 12.1 Å². The Hall–Kier alpha value is -6.06. The van der Waals surface area contributed by atoms with Gasteiger partial charge in [-0.2, -0.15) is 52.7 Å². The molecule has 7 aromatic carbocycles. The van der Waals surface area contributed by atoms with Crippen molar-refractivity contribution in [1.82, 2.24) is 0 Å². The van der Waals surface area contributed by atoms with E-state index in [4.69, 9.17) is 9.47 Å². The maximum atomic E-state index is 13.1. The van der Waals surface area contributed by atoms with Crippen molar-refractivity contribution < 1.29 is 67.0 Å². The molecule has 0 N–H and O–H groups in total. The van der Waals surface area contributed by atoms with E-state index in [1.807, 2.05) is 48.5 Å². The van der Waals surface area contributed by atoms with Gasteiger partial charge >= 0.3 is 159 Å². The summed E-state index contributed by atoms with van der Waals surface area (Å²) in [4.78, 5) is 11.6. The van der Waals surface area contributed by atoms with Gasteiger partial charge in [-0.25, -0.2) is 0 Å². The molecule has 0 radical (unpaired) electrons. The van der Waals surface area contributed by atoms with Gasteiger partial charge in [0.1, 0.15) is 5.78 Å². The predicted molar refractivity (Wildman–Crippen MR) is 290 cm³/mol. The van der Waals surface area contributed by atoms with E-state index in [0.717, 1.165) is 28.8 Å². The van der Waals surface area contributed by atoms with Crippen molar-refractivity contribution in [2.75, 3.05) is 19.9 Å². The molecule has 0 saturated heterocycles. The molecule has 0 aromatic heterocycles. The van der Waals surface area contributed by atoms with Crippen LogP contribution in [0.2, 0.25) is 0 Å². The van der Waals surface area contributed by atoms with Crippen molar-refractivity contribution >= 4 is 42.5 Å². The molecule has 3 nitrogen and oxygen atoms in total. The Kier molecular flexibility index (Phi) is 18.1. The number of benzene rings is 7. The minimum atomic E-state index is -4.92. The standard InChI is InChI=1S/C22H20F6O.C21H18F6O2.C19H18BrP/c1-14-11-20(12-14,17-6-4-3-5-7-17)13-29-15(2)16-8-18(21(23,24)25)10-19(9-16)22(26,27)28;1-13(14-7-16(20(22,23)24)9-17(8-14)21(25,26)27)29-12-19(10-18(28)11-19)15-5-3-2-4-6-15;1-21(20,17-11-5-2-6-12-17,18-13-7-3-8-14-18)19-15-9-4-10-16-19/h3-10,15H,1,11-13H2,2H3;2-9,13H,10-12H2,1H3;2-16H,1H3/t15-;13-;/m11./s1. The first-order valence-corrected chi connectivity index (χ1v) is 29.6. The average molecular weight is 1190 g/mol. The van der Waals surface area contributed by atoms with Crippen molar-refractivity contribution in [3.8, 4) is 0 Å². The summed E-state index contributed by atoms with van der Waals surface area (Å²) in [5.41, 5.74) is -3.89. The first kappa shape index (κ1) is 60.6. The van der Waals surface area contributed by atoms with Gasteiger partial charge in [0.05, 0.1) is 47.7 Å². The third-order valence-corrected chi connectivity index (χ3v) is 22.8. The molecular weight excluding hydrogens is 1130 g/mol. The molecule has 0 unspecified atom stereocenters. The van der Waals surface area contributed by atoms with E-state index >= 15 is 0 Å². The number of Topliss-reactive ketones (excluding diaryl/α,β-unsaturated/α-hetero) is 1. The van der Waals surface area contributed by atoms with Crippen LogP contribution in [0.4, 0.5) is 52.7 Å². The van der Waals surface area contributed by atoms with Gasteiger partial charge in [0.15, 0.2) is 0 Å². The van der Waals surface area contributed by atoms with Crippen LogP contribution in [0.25, 0.3) is 0 Å². The second kappa shape index (κ2) is 23.6. The van der Waals surface area contributed by atoms with Gasteiger partial charge in [-0.15, -0.1) is 0 Å². The van der Waals surface area contributed by atoms with Gasteiger partial charge < -0.3 is 9.47 Å². The molecule has 2 aliphatic rings. The molecule has 17 heteroatoms. The van der Waals surface area contributed by atoms with Crippen LogP contribution in [0, 0.1) is 0 Å². The Morgan fingerprint density at radius 1 is 0.456 bits per heavy atom. The summed E-state index contributed by atoms with van der Waals surface area (Å²) >= 11 is 4.24. The largest absolute Gasteiger partial charge is 0.416 e. The second-order valence-electron chi connectivity index (χ2n) is 20.3. The Balaban J connectivity index is 0.000000174. The van der Waals surface area contributed by atoms with E-state index in [1.165, 1.54) is 29.8 Å². The Morgan fingerprint density at radius 3 is 0.949 bits per heavy atom. The van der Waals surface area contributed by atoms with Crippen LogP contribution in [0.3, 0.4) is 0 Å².